The molecule has 0 radical (unpaired) electrons. The van der Waals surface area contributed by atoms with Crippen LogP contribution in [0.4, 0.5) is 11.4 Å². The molecule has 112 valence electrons. The number of sulfonamides is 1. The zero-order chi connectivity index (χ0) is 15.3. The Morgan fingerprint density at radius 3 is 2.38 bits per heavy atom. The van der Waals surface area contributed by atoms with Crippen molar-refractivity contribution in [1.82, 2.24) is 0 Å². The van der Waals surface area contributed by atoms with Gasteiger partial charge in [-0.2, -0.15) is 0 Å². The quantitative estimate of drug-likeness (QED) is 0.857. The fourth-order valence-corrected chi connectivity index (χ4v) is 3.48. The highest BCUT2D eigenvalue weighted by Gasteiger charge is 2.09. The van der Waals surface area contributed by atoms with Gasteiger partial charge in [0.25, 0.3) is 5.91 Å². The molecule has 0 saturated heterocycles. The van der Waals surface area contributed by atoms with Crippen molar-refractivity contribution in [3.05, 3.63) is 46.7 Å². The van der Waals surface area contributed by atoms with E-state index < -0.39 is 10.0 Å². The Morgan fingerprint density at radius 1 is 1.14 bits per heavy atom. The molecular formula is C14H16N2O3S2. The number of carbonyl (C=O) groups is 1. The van der Waals surface area contributed by atoms with E-state index in [9.17, 15) is 13.2 Å². The first-order chi connectivity index (χ1) is 10.00. The van der Waals surface area contributed by atoms with Crippen molar-refractivity contribution in [1.29, 1.82) is 0 Å². The van der Waals surface area contributed by atoms with E-state index in [1.54, 1.807) is 30.3 Å². The van der Waals surface area contributed by atoms with Crippen LogP contribution in [0.25, 0.3) is 0 Å². The molecule has 1 aromatic carbocycles. The van der Waals surface area contributed by atoms with Crippen LogP contribution in [0.15, 0.2) is 41.8 Å². The van der Waals surface area contributed by atoms with Gasteiger partial charge in [-0.3, -0.25) is 9.52 Å². The molecule has 0 saturated carbocycles. The van der Waals surface area contributed by atoms with Gasteiger partial charge in [-0.25, -0.2) is 8.42 Å². The molecule has 0 bridgehead atoms. The van der Waals surface area contributed by atoms with E-state index in [1.165, 1.54) is 11.3 Å². The van der Waals surface area contributed by atoms with Crippen molar-refractivity contribution >= 4 is 38.6 Å². The molecule has 1 amide bonds. The molecule has 0 aliphatic heterocycles. The Morgan fingerprint density at radius 2 is 1.81 bits per heavy atom. The van der Waals surface area contributed by atoms with Crippen LogP contribution in [0.1, 0.15) is 23.0 Å². The second kappa shape index (κ2) is 6.73. The van der Waals surface area contributed by atoms with Crippen LogP contribution >= 0.6 is 11.3 Å². The van der Waals surface area contributed by atoms with Gasteiger partial charge >= 0.3 is 0 Å². The minimum Gasteiger partial charge on any atom is -0.321 e. The SMILES string of the molecule is CCCS(=O)(=O)Nc1ccc(NC(=O)c2cccs2)cc1. The van der Waals surface area contributed by atoms with E-state index in [-0.39, 0.29) is 11.7 Å². The average Bonchev–Trinajstić information content (AvgIpc) is 2.94. The molecule has 0 unspecified atom stereocenters. The number of carbonyl (C=O) groups excluding carboxylic acids is 1. The maximum absolute atomic E-state index is 11.9. The molecule has 0 atom stereocenters. The van der Waals surface area contributed by atoms with E-state index in [2.05, 4.69) is 10.0 Å². The van der Waals surface area contributed by atoms with Crippen molar-refractivity contribution in [3.8, 4) is 0 Å². The monoisotopic (exact) mass is 324 g/mol. The lowest BCUT2D eigenvalue weighted by molar-refractivity contribution is 0.103. The number of rotatable bonds is 6. The standard InChI is InChI=1S/C14H16N2O3S2/c1-2-10-21(18,19)16-12-7-5-11(6-8-12)15-14(17)13-4-3-9-20-13/h3-9,16H,2,10H2,1H3,(H,15,17). The van der Waals surface area contributed by atoms with E-state index in [0.717, 1.165) is 0 Å². The van der Waals surface area contributed by atoms with E-state index in [0.29, 0.717) is 22.7 Å². The summed E-state index contributed by atoms with van der Waals surface area (Å²) in [5.74, 6) is -0.0894. The summed E-state index contributed by atoms with van der Waals surface area (Å²) in [5.41, 5.74) is 1.10. The number of benzene rings is 1. The number of amides is 1. The maximum Gasteiger partial charge on any atom is 0.265 e. The average molecular weight is 324 g/mol. The van der Waals surface area contributed by atoms with Gasteiger partial charge < -0.3 is 5.32 Å². The third-order valence-corrected chi connectivity index (χ3v) is 4.99. The Labute approximate surface area is 128 Å². The Balaban J connectivity index is 2.01. The zero-order valence-corrected chi connectivity index (χ0v) is 13.1. The van der Waals surface area contributed by atoms with Gasteiger partial charge in [-0.15, -0.1) is 11.3 Å². The topological polar surface area (TPSA) is 75.3 Å². The Kier molecular flexibility index (Phi) is 4.98. The number of nitrogens with one attached hydrogen (secondary N) is 2. The molecular weight excluding hydrogens is 308 g/mol. The highest BCUT2D eigenvalue weighted by atomic mass is 32.2. The summed E-state index contributed by atoms with van der Waals surface area (Å²) in [6, 6.07) is 10.1. The molecule has 1 heterocycles. The van der Waals surface area contributed by atoms with Gasteiger partial charge in [0.05, 0.1) is 10.6 Å². The van der Waals surface area contributed by atoms with Crippen LogP contribution in [0, 0.1) is 0 Å². The summed E-state index contributed by atoms with van der Waals surface area (Å²) < 4.78 is 25.8. The lowest BCUT2D eigenvalue weighted by Gasteiger charge is -2.08. The minimum atomic E-state index is -3.29. The second-order valence-electron chi connectivity index (χ2n) is 4.43. The molecule has 2 rings (SSSR count). The van der Waals surface area contributed by atoms with Crippen molar-refractivity contribution < 1.29 is 13.2 Å². The predicted octanol–water partition coefficient (Wildman–Crippen LogP) is 3.15. The lowest BCUT2D eigenvalue weighted by Crippen LogP contribution is -2.16. The fraction of sp³-hybridized carbons (Fsp3) is 0.214. The Bertz CT molecular complexity index is 692. The zero-order valence-electron chi connectivity index (χ0n) is 11.5. The molecule has 2 N–H and O–H groups in total. The first kappa shape index (κ1) is 15.5. The smallest absolute Gasteiger partial charge is 0.265 e. The highest BCUT2D eigenvalue weighted by molar-refractivity contribution is 7.92. The fourth-order valence-electron chi connectivity index (χ4n) is 1.72. The van der Waals surface area contributed by atoms with Crippen LogP contribution in [0.2, 0.25) is 0 Å². The number of hydrogen-bond donors (Lipinski definition) is 2. The van der Waals surface area contributed by atoms with Crippen LogP contribution < -0.4 is 10.0 Å². The number of thiophene rings is 1. The van der Waals surface area contributed by atoms with Crippen molar-refractivity contribution in [3.63, 3.8) is 0 Å². The largest absolute Gasteiger partial charge is 0.321 e. The summed E-state index contributed by atoms with van der Waals surface area (Å²) in [5, 5.41) is 4.59. The third kappa shape index (κ3) is 4.57. The van der Waals surface area contributed by atoms with Gasteiger partial charge in [-0.1, -0.05) is 13.0 Å². The van der Waals surface area contributed by atoms with E-state index in [1.807, 2.05) is 18.4 Å². The van der Waals surface area contributed by atoms with E-state index >= 15 is 0 Å². The van der Waals surface area contributed by atoms with E-state index in [4.69, 9.17) is 0 Å². The van der Waals surface area contributed by atoms with Gasteiger partial charge in [0.2, 0.25) is 10.0 Å². The van der Waals surface area contributed by atoms with Gasteiger partial charge in [-0.05, 0) is 42.1 Å². The number of anilines is 2. The molecule has 5 nitrogen and oxygen atoms in total. The molecule has 0 aliphatic rings. The normalized spacial score (nSPS) is 11.1. The first-order valence-electron chi connectivity index (χ1n) is 6.45. The molecule has 0 aliphatic carbocycles. The summed E-state index contributed by atoms with van der Waals surface area (Å²) in [6.07, 6.45) is 0.560. The molecule has 1 aromatic heterocycles. The second-order valence-corrected chi connectivity index (χ2v) is 7.22. The molecule has 0 fully saturated rings. The van der Waals surface area contributed by atoms with Gasteiger partial charge in [0.15, 0.2) is 0 Å². The lowest BCUT2D eigenvalue weighted by atomic mass is 10.3. The van der Waals surface area contributed by atoms with Crippen LogP contribution in [-0.4, -0.2) is 20.1 Å². The van der Waals surface area contributed by atoms with Gasteiger partial charge in [0, 0.05) is 11.4 Å². The maximum atomic E-state index is 11.9. The molecule has 21 heavy (non-hydrogen) atoms. The van der Waals surface area contributed by atoms with Crippen LogP contribution in [0.5, 0.6) is 0 Å². The van der Waals surface area contributed by atoms with Crippen molar-refractivity contribution in [2.24, 2.45) is 0 Å². The summed E-state index contributed by atoms with van der Waals surface area (Å²) in [4.78, 5) is 12.5. The van der Waals surface area contributed by atoms with Crippen LogP contribution in [-0.2, 0) is 10.0 Å². The Hall–Kier alpha value is -1.86. The third-order valence-electron chi connectivity index (χ3n) is 2.63. The summed E-state index contributed by atoms with van der Waals surface area (Å²) >= 11 is 1.36. The van der Waals surface area contributed by atoms with Crippen LogP contribution in [0.3, 0.4) is 0 Å². The van der Waals surface area contributed by atoms with Crippen molar-refractivity contribution in [2.75, 3.05) is 15.8 Å². The molecule has 2 aromatic rings. The summed E-state index contributed by atoms with van der Waals surface area (Å²) in [7, 11) is -3.29. The highest BCUT2D eigenvalue weighted by Crippen LogP contribution is 2.17. The first-order valence-corrected chi connectivity index (χ1v) is 8.99. The number of hydrogen-bond acceptors (Lipinski definition) is 4. The van der Waals surface area contributed by atoms with Crippen molar-refractivity contribution in [2.45, 2.75) is 13.3 Å². The minimum absolute atomic E-state index is 0.0872. The summed E-state index contributed by atoms with van der Waals surface area (Å²) in [6.45, 7) is 1.81. The van der Waals surface area contributed by atoms with Gasteiger partial charge in [0.1, 0.15) is 0 Å². The predicted molar refractivity (Wildman–Crippen MR) is 86.4 cm³/mol. The molecule has 7 heteroatoms. The molecule has 0 spiro atoms.